The molecule has 0 bridgehead atoms. The molecule has 4 rings (SSSR count). The van der Waals surface area contributed by atoms with Gasteiger partial charge in [-0.15, -0.1) is 0 Å². The molecule has 3 aromatic rings. The number of hydrogen-bond donors (Lipinski definition) is 1. The molecular formula is C17H17FN6S. The number of aromatic nitrogens is 4. The predicted molar refractivity (Wildman–Crippen MR) is 95.2 cm³/mol. The van der Waals surface area contributed by atoms with Crippen LogP contribution in [0.4, 0.5) is 4.39 Å². The van der Waals surface area contributed by atoms with Gasteiger partial charge in [-0.05, 0) is 6.07 Å². The second kappa shape index (κ2) is 6.17. The summed E-state index contributed by atoms with van der Waals surface area (Å²) in [6.45, 7) is 3.63. The topological polar surface area (TPSA) is 73.5 Å². The molecule has 0 aliphatic carbocycles. The highest BCUT2D eigenvalue weighted by molar-refractivity contribution is 7.97. The molecule has 25 heavy (non-hydrogen) atoms. The van der Waals surface area contributed by atoms with Crippen molar-refractivity contribution in [2.24, 2.45) is 0 Å². The monoisotopic (exact) mass is 356 g/mol. The average molecular weight is 356 g/mol. The SMILES string of the molecule is CCSN1CC(CC#N)(n2cc(-c3c(F)cnc4[nH]ccc34)cn2)C1. The Bertz CT molecular complexity index is 950. The summed E-state index contributed by atoms with van der Waals surface area (Å²) in [4.78, 5) is 7.06. The molecule has 0 amide bonds. The molecule has 1 aliphatic heterocycles. The Kier molecular flexibility index (Phi) is 3.98. The number of aromatic amines is 1. The normalized spacial score (nSPS) is 16.7. The minimum absolute atomic E-state index is 0.337. The van der Waals surface area contributed by atoms with Gasteiger partial charge >= 0.3 is 0 Å². The van der Waals surface area contributed by atoms with Crippen molar-refractivity contribution in [2.45, 2.75) is 18.9 Å². The maximum Gasteiger partial charge on any atom is 0.150 e. The molecule has 0 aromatic carbocycles. The molecule has 0 saturated carbocycles. The Morgan fingerprint density at radius 3 is 3.04 bits per heavy atom. The first kappa shape index (κ1) is 16.1. The number of nitrogens with zero attached hydrogens (tertiary/aromatic N) is 5. The standard InChI is InChI=1S/C17H17FN6S/c1-2-25-23-10-17(11-23,4-5-19)24-9-12(7-22-24)15-13-3-6-20-16(13)21-8-14(15)18/h3,6-9H,2,4,10-11H2,1H3,(H,20,21). The molecule has 128 valence electrons. The van der Waals surface area contributed by atoms with Crippen LogP contribution in [0.5, 0.6) is 0 Å². The summed E-state index contributed by atoms with van der Waals surface area (Å²) in [5.74, 6) is 0.624. The van der Waals surface area contributed by atoms with Crippen LogP contribution < -0.4 is 0 Å². The minimum Gasteiger partial charge on any atom is -0.346 e. The first-order valence-corrected chi connectivity index (χ1v) is 9.03. The van der Waals surface area contributed by atoms with Gasteiger partial charge in [-0.25, -0.2) is 13.7 Å². The number of nitrogens with one attached hydrogen (secondary N) is 1. The number of H-pyrrole nitrogens is 1. The molecule has 1 saturated heterocycles. The second-order valence-corrected chi connectivity index (χ2v) is 7.52. The zero-order chi connectivity index (χ0) is 17.4. The third-order valence-corrected chi connectivity index (χ3v) is 5.44. The number of halogens is 1. The first-order chi connectivity index (χ1) is 12.2. The molecule has 0 atom stereocenters. The molecule has 0 unspecified atom stereocenters. The van der Waals surface area contributed by atoms with Gasteiger partial charge in [0.1, 0.15) is 17.0 Å². The summed E-state index contributed by atoms with van der Waals surface area (Å²) in [5.41, 5.74) is 1.49. The Labute approximate surface area is 148 Å². The van der Waals surface area contributed by atoms with Gasteiger partial charge in [0.2, 0.25) is 0 Å². The van der Waals surface area contributed by atoms with Crippen LogP contribution in [0.15, 0.2) is 30.9 Å². The van der Waals surface area contributed by atoms with Gasteiger partial charge in [-0.2, -0.15) is 10.4 Å². The predicted octanol–water partition coefficient (Wildman–Crippen LogP) is 3.16. The lowest BCUT2D eigenvalue weighted by Crippen LogP contribution is -2.60. The van der Waals surface area contributed by atoms with Crippen molar-refractivity contribution in [3.63, 3.8) is 0 Å². The van der Waals surface area contributed by atoms with E-state index in [1.807, 2.05) is 16.9 Å². The number of pyridine rings is 1. The van der Waals surface area contributed by atoms with Gasteiger partial charge < -0.3 is 4.98 Å². The van der Waals surface area contributed by atoms with E-state index in [-0.39, 0.29) is 11.4 Å². The fourth-order valence-electron chi connectivity index (χ4n) is 3.36. The molecule has 1 aliphatic rings. The highest BCUT2D eigenvalue weighted by Gasteiger charge is 2.45. The summed E-state index contributed by atoms with van der Waals surface area (Å²) in [6.07, 6.45) is 6.86. The summed E-state index contributed by atoms with van der Waals surface area (Å²) < 4.78 is 18.5. The zero-order valence-corrected chi connectivity index (χ0v) is 14.6. The van der Waals surface area contributed by atoms with E-state index in [1.165, 1.54) is 6.20 Å². The molecule has 0 spiro atoms. The summed E-state index contributed by atoms with van der Waals surface area (Å²) >= 11 is 1.76. The lowest BCUT2D eigenvalue weighted by atomic mass is 9.89. The van der Waals surface area contributed by atoms with Crippen molar-refractivity contribution < 1.29 is 4.39 Å². The quantitative estimate of drug-likeness (QED) is 0.711. The van der Waals surface area contributed by atoms with E-state index in [2.05, 4.69) is 32.4 Å². The summed E-state index contributed by atoms with van der Waals surface area (Å²) in [6, 6.07) is 4.08. The molecule has 0 radical (unpaired) electrons. The number of rotatable bonds is 5. The number of fused-ring (bicyclic) bond motifs is 1. The van der Waals surface area contributed by atoms with Crippen LogP contribution in [0, 0.1) is 17.1 Å². The second-order valence-electron chi connectivity index (χ2n) is 6.17. The smallest absolute Gasteiger partial charge is 0.150 e. The van der Waals surface area contributed by atoms with E-state index in [9.17, 15) is 9.65 Å². The van der Waals surface area contributed by atoms with Crippen molar-refractivity contribution in [2.75, 3.05) is 18.8 Å². The van der Waals surface area contributed by atoms with E-state index >= 15 is 0 Å². The molecule has 1 fully saturated rings. The molecular weight excluding hydrogens is 339 g/mol. The maximum absolute atomic E-state index is 14.4. The van der Waals surface area contributed by atoms with Crippen LogP contribution >= 0.6 is 11.9 Å². The van der Waals surface area contributed by atoms with Crippen molar-refractivity contribution >= 4 is 23.0 Å². The highest BCUT2D eigenvalue weighted by Crippen LogP contribution is 2.38. The highest BCUT2D eigenvalue weighted by atomic mass is 32.2. The molecule has 6 nitrogen and oxygen atoms in total. The summed E-state index contributed by atoms with van der Waals surface area (Å²) in [7, 11) is 0. The third-order valence-electron chi connectivity index (χ3n) is 4.56. The molecule has 1 N–H and O–H groups in total. The largest absolute Gasteiger partial charge is 0.346 e. The van der Waals surface area contributed by atoms with Crippen LogP contribution in [0.2, 0.25) is 0 Å². The molecule has 3 aromatic heterocycles. The fourth-order valence-corrected chi connectivity index (χ4v) is 4.39. The Balaban J connectivity index is 1.71. The lowest BCUT2D eigenvalue weighted by molar-refractivity contribution is 0.0812. The Hall–Kier alpha value is -2.37. The Morgan fingerprint density at radius 2 is 2.28 bits per heavy atom. The lowest BCUT2D eigenvalue weighted by Gasteiger charge is -2.48. The van der Waals surface area contributed by atoms with Gasteiger partial charge in [0.25, 0.3) is 0 Å². The zero-order valence-electron chi connectivity index (χ0n) is 13.7. The van der Waals surface area contributed by atoms with Gasteiger partial charge in [-0.3, -0.25) is 4.68 Å². The van der Waals surface area contributed by atoms with Gasteiger partial charge in [0.05, 0.1) is 24.9 Å². The van der Waals surface area contributed by atoms with Crippen LogP contribution in [0.1, 0.15) is 13.3 Å². The first-order valence-electron chi connectivity index (χ1n) is 8.09. The van der Waals surface area contributed by atoms with E-state index in [0.29, 0.717) is 23.2 Å². The van der Waals surface area contributed by atoms with Gasteiger partial charge in [-0.1, -0.05) is 18.9 Å². The molecule has 4 heterocycles. The van der Waals surface area contributed by atoms with E-state index in [0.717, 1.165) is 24.2 Å². The molecule has 8 heteroatoms. The van der Waals surface area contributed by atoms with Crippen LogP contribution in [0.25, 0.3) is 22.2 Å². The van der Waals surface area contributed by atoms with E-state index < -0.39 is 0 Å². The van der Waals surface area contributed by atoms with E-state index in [1.54, 1.807) is 24.3 Å². The fraction of sp³-hybridized carbons (Fsp3) is 0.353. The summed E-state index contributed by atoms with van der Waals surface area (Å²) in [5, 5.41) is 14.4. The number of nitriles is 1. The van der Waals surface area contributed by atoms with Gasteiger partial charge in [0, 0.05) is 47.7 Å². The minimum atomic E-state index is -0.377. The number of hydrogen-bond acceptors (Lipinski definition) is 5. The van der Waals surface area contributed by atoms with Crippen LogP contribution in [0.3, 0.4) is 0 Å². The average Bonchev–Trinajstić information content (AvgIpc) is 3.22. The van der Waals surface area contributed by atoms with Crippen molar-refractivity contribution in [3.05, 3.63) is 36.7 Å². The van der Waals surface area contributed by atoms with Crippen molar-refractivity contribution in [3.8, 4) is 17.2 Å². The van der Waals surface area contributed by atoms with Crippen molar-refractivity contribution in [1.29, 1.82) is 5.26 Å². The van der Waals surface area contributed by atoms with Crippen molar-refractivity contribution in [1.82, 2.24) is 24.1 Å². The maximum atomic E-state index is 14.4. The van der Waals surface area contributed by atoms with E-state index in [4.69, 9.17) is 0 Å². The van der Waals surface area contributed by atoms with Gasteiger partial charge in [0.15, 0.2) is 0 Å². The Morgan fingerprint density at radius 1 is 1.44 bits per heavy atom. The van der Waals surface area contributed by atoms with Crippen LogP contribution in [-0.4, -0.2) is 42.9 Å². The third kappa shape index (κ3) is 2.60. The van der Waals surface area contributed by atoms with Crippen LogP contribution in [-0.2, 0) is 5.54 Å².